The van der Waals surface area contributed by atoms with Gasteiger partial charge in [-0.15, -0.1) is 56.7 Å². The van der Waals surface area contributed by atoms with E-state index < -0.39 is 35.0 Å². The number of nitrogens with two attached hydrogens (primary N) is 4. The topological polar surface area (TPSA) is 306 Å². The number of carbonyl (C=O) groups excluding carboxylic acids is 5. The normalized spacial score (nSPS) is 14.3. The first-order chi connectivity index (χ1) is 69.8. The van der Waals surface area contributed by atoms with Crippen molar-refractivity contribution >= 4 is 153 Å². The van der Waals surface area contributed by atoms with E-state index in [1.54, 1.807) is 43.1 Å². The van der Waals surface area contributed by atoms with Crippen molar-refractivity contribution in [1.29, 1.82) is 0 Å². The molecule has 0 saturated heterocycles. The predicted octanol–water partition coefficient (Wildman–Crippen LogP) is 23.5. The van der Waals surface area contributed by atoms with Crippen LogP contribution in [0.3, 0.4) is 0 Å². The van der Waals surface area contributed by atoms with Gasteiger partial charge in [-0.2, -0.15) is 38.7 Å². The Kier molecular flexibility index (Phi) is 36.1. The third-order valence-electron chi connectivity index (χ3n) is 25.7. The lowest BCUT2D eigenvalue weighted by Crippen LogP contribution is -2.43. The molecule has 10 N–H and O–H groups in total. The standard InChI is InChI=1S/C22H21ClF3N3OS.C22H24ClFN4OS.2C21H20BrF2N3OS.C19H19ClN4OS/c23-17-12-28-29-6-2-5-19-16(21(17)29)10-20(31-19)18(30)9-14(11-27)7-13-3-1-4-15(8-13)22(24,25)26;1-27(2)13-16(10-14-5-3-6-15(24)9-14)26-22(29)20-11-17-19(30-20)7-4-8-28-21(17)18(23)12-25-28;22-15-11-26-27-6-2-5-18-14(21(15)27)9-19(29-18)17(28)8-12(10-25)7-13-3-1-4-16(23)20(13)24;22-16-11-26-27-5-1-2-19-15(21(16)27)9-20(29-19)18(28)7-12(10-25)6-13-8-14(23)3-4-17(13)24;20-14-11-22-24-8-4-7-16-13(18(14)24)9-17(26-16)19(25)23-15(10-21)12-5-2-1-3-6-12/h1,3-4,8,10,12,14H,2,5-7,9,11,27H2;3,5-6,9,11-12,16H,4,7-8,10,13H2,1-2H3,(H,26,29);1,3-4,9,11-12H,2,5-8,10,25H2;3-4,8-9,11-12H,1-2,5-7,10,25H2;1-3,5-6,9,11,15H,4,7-8,10,21H2,(H,23,25)/t14-;16-;2*12-;15-/m10111/s1. The molecule has 0 radical (unpaired) electrons. The zero-order valence-electron chi connectivity index (χ0n) is 78.9. The molecule has 2 amide bonds. The van der Waals surface area contributed by atoms with Crippen molar-refractivity contribution in [3.63, 3.8) is 0 Å². The molecule has 0 fully saturated rings. The van der Waals surface area contributed by atoms with Gasteiger partial charge in [0.25, 0.3) is 11.8 Å². The lowest BCUT2D eigenvalue weighted by molar-refractivity contribution is -0.137. The Morgan fingerprint density at radius 1 is 0.414 bits per heavy atom. The van der Waals surface area contributed by atoms with E-state index in [-0.39, 0.29) is 128 Å². The molecule has 5 aromatic carbocycles. The molecule has 15 aromatic rings. The van der Waals surface area contributed by atoms with E-state index in [1.807, 2.05) is 109 Å². The molecule has 5 aliphatic heterocycles. The number of carbonyl (C=O) groups is 5. The van der Waals surface area contributed by atoms with Crippen LogP contribution in [0.2, 0.25) is 15.1 Å². The molecule has 40 heteroatoms. The fourth-order valence-electron chi connectivity index (χ4n) is 18.7. The Morgan fingerprint density at radius 3 is 1.23 bits per heavy atom. The summed E-state index contributed by atoms with van der Waals surface area (Å²) in [5.74, 6) is -4.03. The number of fused-ring (bicyclic) bond motifs is 15. The molecule has 760 valence electrons. The Bertz CT molecular complexity index is 7050. The molecule has 0 unspecified atom stereocenters. The zero-order valence-corrected chi connectivity index (χ0v) is 88.5. The van der Waals surface area contributed by atoms with Crippen molar-refractivity contribution in [2.24, 2.45) is 40.7 Å². The summed E-state index contributed by atoms with van der Waals surface area (Å²) in [5.41, 5.74) is 35.3. The summed E-state index contributed by atoms with van der Waals surface area (Å²) in [7, 11) is 3.92. The van der Waals surface area contributed by atoms with Gasteiger partial charge in [0.05, 0.1) is 119 Å². The van der Waals surface area contributed by atoms with E-state index in [0.717, 1.165) is 213 Å². The Hall–Kier alpha value is -10.3. The number of nitrogens with zero attached hydrogens (tertiary/aromatic N) is 11. The summed E-state index contributed by atoms with van der Waals surface area (Å²) in [4.78, 5) is 75.9. The van der Waals surface area contributed by atoms with E-state index in [1.165, 1.54) is 108 Å². The number of halogens is 13. The molecule has 22 nitrogen and oxygen atoms in total. The minimum atomic E-state index is -4.40. The smallest absolute Gasteiger partial charge is 0.347 e. The van der Waals surface area contributed by atoms with Gasteiger partial charge in [-0.3, -0.25) is 47.4 Å². The molecule has 0 spiro atoms. The highest BCUT2D eigenvalue weighted by atomic mass is 79.9. The van der Waals surface area contributed by atoms with Crippen molar-refractivity contribution in [2.45, 2.75) is 160 Å². The number of ketones is 3. The molecule has 0 saturated carbocycles. The first-order valence-electron chi connectivity index (χ1n) is 47.5. The molecule has 20 rings (SSSR count). The molecule has 15 heterocycles. The van der Waals surface area contributed by atoms with Gasteiger partial charge in [0.1, 0.15) is 17.5 Å². The maximum Gasteiger partial charge on any atom is 0.416 e. The molecule has 5 atom stereocenters. The number of alkyl halides is 3. The summed E-state index contributed by atoms with van der Waals surface area (Å²) in [5, 5.41) is 29.8. The highest BCUT2D eigenvalue weighted by Gasteiger charge is 2.35. The Balaban J connectivity index is 0.000000130. The third-order valence-corrected chi connectivity index (χ3v) is 33.8. The number of aromatic nitrogens is 10. The molecule has 0 bridgehead atoms. The number of hydrogen-bond acceptors (Lipinski definition) is 20. The molecule has 5 aliphatic rings. The maximum absolute atomic E-state index is 14.0. The minimum absolute atomic E-state index is 0.0162. The van der Waals surface area contributed by atoms with Gasteiger partial charge in [-0.1, -0.05) is 108 Å². The van der Waals surface area contributed by atoms with Crippen LogP contribution in [-0.4, -0.2) is 136 Å². The summed E-state index contributed by atoms with van der Waals surface area (Å²) < 4.78 is 119. The van der Waals surface area contributed by atoms with Gasteiger partial charge in [-0.05, 0) is 274 Å². The number of benzene rings is 5. The first-order valence-corrected chi connectivity index (χ1v) is 54.3. The van der Waals surface area contributed by atoms with Crippen LogP contribution in [-0.2, 0) is 96.7 Å². The van der Waals surface area contributed by atoms with E-state index in [4.69, 9.17) is 57.7 Å². The van der Waals surface area contributed by atoms with E-state index in [9.17, 15) is 59.1 Å². The molecule has 10 aromatic heterocycles. The van der Waals surface area contributed by atoms with Crippen molar-refractivity contribution < 1.29 is 59.1 Å². The van der Waals surface area contributed by atoms with Gasteiger partial charge in [0.15, 0.2) is 29.0 Å². The van der Waals surface area contributed by atoms with Crippen LogP contribution in [0, 0.1) is 46.8 Å². The second kappa shape index (κ2) is 48.8. The summed E-state index contributed by atoms with van der Waals surface area (Å²) >= 11 is 33.7. The van der Waals surface area contributed by atoms with Gasteiger partial charge in [0.2, 0.25) is 0 Å². The van der Waals surface area contributed by atoms with Crippen LogP contribution in [0.1, 0.15) is 164 Å². The van der Waals surface area contributed by atoms with E-state index in [0.29, 0.717) is 70.9 Å². The van der Waals surface area contributed by atoms with Crippen LogP contribution in [0.5, 0.6) is 0 Å². The van der Waals surface area contributed by atoms with E-state index in [2.05, 4.69) is 68.0 Å². The number of hydrogen-bond donors (Lipinski definition) is 6. The highest BCUT2D eigenvalue weighted by molar-refractivity contribution is 9.11. The minimum Gasteiger partial charge on any atom is -0.347 e. The van der Waals surface area contributed by atoms with Gasteiger partial charge in [-0.25, -0.2) is 22.0 Å². The maximum atomic E-state index is 14.0. The van der Waals surface area contributed by atoms with Crippen molar-refractivity contribution in [2.75, 3.05) is 46.8 Å². The van der Waals surface area contributed by atoms with Crippen molar-refractivity contribution in [3.8, 4) is 56.3 Å². The van der Waals surface area contributed by atoms with Crippen molar-refractivity contribution in [1.82, 2.24) is 64.4 Å². The number of rotatable bonds is 28. The van der Waals surface area contributed by atoms with Gasteiger partial charge >= 0.3 is 6.18 Å². The van der Waals surface area contributed by atoms with Crippen LogP contribution < -0.4 is 33.6 Å². The van der Waals surface area contributed by atoms with Gasteiger partial charge in [0, 0.05) is 123 Å². The number of nitrogens with one attached hydrogen (secondary N) is 2. The zero-order chi connectivity index (χ0) is 103. The molecule has 0 aliphatic carbocycles. The quantitative estimate of drug-likeness (QED) is 0.0196. The second-order valence-electron chi connectivity index (χ2n) is 36.5. The van der Waals surface area contributed by atoms with E-state index >= 15 is 0 Å². The fourth-order valence-corrected chi connectivity index (χ4v) is 26.1. The summed E-state index contributed by atoms with van der Waals surface area (Å²) in [6.07, 6.45) is 15.3. The SMILES string of the molecule is CN(C)C[C@H](Cc1cccc(F)c1)NC(=O)c1cc2c(s1)CCCn1ncc(Cl)c1-2.NC[C@@H](CC(=O)c1cc2c(s1)CCCn1ncc(Br)c1-2)Cc1cc(F)ccc1F.NC[C@@H](CC(=O)c1cc2c(s1)CCCn1ncc(Br)c1-2)Cc1cccc(F)c1F.NC[C@@H](CC(=O)c1cc2c(s1)CCCn1ncc(Cl)c1-2)Cc1cccc(C(F)(F)F)c1.NC[C@@H](NC(=O)c1cc2c(s1)CCCn1ncc(Cl)c1-2)c1ccccc1. The third kappa shape index (κ3) is 26.2. The lowest BCUT2D eigenvalue weighted by Gasteiger charge is -2.22. The average Bonchev–Trinajstić information content (AvgIpc) is 1.65. The lowest BCUT2D eigenvalue weighted by atomic mass is 9.93. The monoisotopic (exact) mass is 2260 g/mol. The molecule has 145 heavy (non-hydrogen) atoms. The highest BCUT2D eigenvalue weighted by Crippen LogP contribution is 2.46. The number of amides is 2. The number of thiophene rings is 5. The van der Waals surface area contributed by atoms with Crippen molar-refractivity contribution in [3.05, 3.63) is 312 Å². The largest absolute Gasteiger partial charge is 0.416 e. The number of likely N-dealkylation sites (N-methyl/N-ethyl adjacent to an activating group) is 1. The molecular weight excluding hydrogens is 2160 g/mol. The Labute approximate surface area is 884 Å². The summed E-state index contributed by atoms with van der Waals surface area (Å²) in [6.45, 7) is 5.81. The van der Waals surface area contributed by atoms with Crippen LogP contribution in [0.4, 0.5) is 35.1 Å². The average molecular weight is 2260 g/mol. The number of aryl methyl sites for hydroxylation is 10. The van der Waals surface area contributed by atoms with Gasteiger partial charge < -0.3 is 38.5 Å². The van der Waals surface area contributed by atoms with Crippen LogP contribution in [0.25, 0.3) is 56.3 Å². The predicted molar refractivity (Wildman–Crippen MR) is 565 cm³/mol. The summed E-state index contributed by atoms with van der Waals surface area (Å²) in [6, 6.07) is 38.2. The van der Waals surface area contributed by atoms with Crippen LogP contribution >= 0.6 is 123 Å². The Morgan fingerprint density at radius 2 is 0.800 bits per heavy atom. The molecular formula is C105H104Br2Cl3F8N17O5S5. The second-order valence-corrected chi connectivity index (χ2v) is 45.1. The van der Waals surface area contributed by atoms with Crippen LogP contribution in [0.15, 0.2) is 186 Å². The number of Topliss-reactive ketones (excluding diaryl/α,β-unsaturated/α-hetero) is 3. The first kappa shape index (κ1) is 107. The fraction of sp³-hybridized carbons (Fsp3) is 0.333.